The third kappa shape index (κ3) is 5.14. The molecule has 9 heteroatoms. The second-order valence-corrected chi connectivity index (χ2v) is 8.76. The van der Waals surface area contributed by atoms with E-state index in [9.17, 15) is 13.6 Å². The van der Waals surface area contributed by atoms with Crippen LogP contribution in [0.4, 0.5) is 19.3 Å². The standard InChI is InChI=1S/C26H30F2N4O3/c1-16-6-7-20-22(32(16)26(33)34-2)9-8-19(17(14-29)15-31-18-10-12-30-13-11-18)25(20)35-23-5-3-4-21(27)24(23)28/h3-5,8-9,14-16,18,29-31H,6-7,10-13H2,1-2H3/b17-15+,29-14?/t16-/m0/s1. The Morgan fingerprint density at radius 3 is 2.69 bits per heavy atom. The van der Waals surface area contributed by atoms with Crippen molar-refractivity contribution in [2.24, 2.45) is 0 Å². The molecule has 7 nitrogen and oxygen atoms in total. The summed E-state index contributed by atoms with van der Waals surface area (Å²) in [6.07, 6.45) is 5.55. The molecule has 1 saturated heterocycles. The van der Waals surface area contributed by atoms with Gasteiger partial charge >= 0.3 is 6.09 Å². The van der Waals surface area contributed by atoms with Gasteiger partial charge in [0, 0.05) is 41.2 Å². The fourth-order valence-electron chi connectivity index (χ4n) is 4.59. The number of nitrogens with one attached hydrogen (secondary N) is 3. The van der Waals surface area contributed by atoms with Crippen molar-refractivity contribution < 1.29 is 23.0 Å². The van der Waals surface area contributed by atoms with E-state index in [0.29, 0.717) is 35.2 Å². The summed E-state index contributed by atoms with van der Waals surface area (Å²) in [5, 5.41) is 14.8. The van der Waals surface area contributed by atoms with E-state index in [1.54, 1.807) is 23.2 Å². The van der Waals surface area contributed by atoms with Crippen LogP contribution < -0.4 is 20.3 Å². The van der Waals surface area contributed by atoms with Gasteiger partial charge in [0.2, 0.25) is 5.82 Å². The number of halogens is 2. The van der Waals surface area contributed by atoms with E-state index in [1.807, 2.05) is 6.92 Å². The molecule has 35 heavy (non-hydrogen) atoms. The van der Waals surface area contributed by atoms with Crippen LogP contribution in [0.5, 0.6) is 11.5 Å². The molecule has 0 bridgehead atoms. The molecule has 0 radical (unpaired) electrons. The summed E-state index contributed by atoms with van der Waals surface area (Å²) < 4.78 is 39.5. The number of piperidine rings is 1. The first kappa shape index (κ1) is 24.7. The number of nitrogens with zero attached hydrogens (tertiary/aromatic N) is 1. The molecular formula is C26H30F2N4O3. The Balaban J connectivity index is 1.81. The van der Waals surface area contributed by atoms with Gasteiger partial charge in [-0.3, -0.25) is 4.90 Å². The summed E-state index contributed by atoms with van der Waals surface area (Å²) >= 11 is 0. The topological polar surface area (TPSA) is 86.7 Å². The number of methoxy groups -OCH3 is 1. The highest BCUT2D eigenvalue weighted by molar-refractivity contribution is 6.10. The van der Waals surface area contributed by atoms with Crippen LogP contribution in [0.3, 0.4) is 0 Å². The number of allylic oxidation sites excluding steroid dienone is 1. The average Bonchev–Trinajstić information content (AvgIpc) is 2.88. The molecule has 2 aromatic rings. The molecule has 4 rings (SSSR count). The Hall–Kier alpha value is -3.46. The molecule has 2 aliphatic heterocycles. The minimum absolute atomic E-state index is 0.112. The van der Waals surface area contributed by atoms with Gasteiger partial charge in [0.15, 0.2) is 11.6 Å². The molecule has 1 amide bonds. The minimum atomic E-state index is -1.10. The number of carbonyl (C=O) groups is 1. The highest BCUT2D eigenvalue weighted by atomic mass is 19.2. The zero-order valence-electron chi connectivity index (χ0n) is 19.9. The van der Waals surface area contributed by atoms with Crippen molar-refractivity contribution in [1.82, 2.24) is 10.6 Å². The number of carbonyl (C=O) groups excluding carboxylic acids is 1. The maximum absolute atomic E-state index is 14.6. The third-order valence-electron chi connectivity index (χ3n) is 6.53. The minimum Gasteiger partial charge on any atom is -0.453 e. The van der Waals surface area contributed by atoms with Gasteiger partial charge in [0.05, 0.1) is 12.8 Å². The largest absolute Gasteiger partial charge is 0.453 e. The zero-order valence-corrected chi connectivity index (χ0v) is 19.9. The number of hydrogen-bond acceptors (Lipinski definition) is 6. The molecule has 186 valence electrons. The first-order chi connectivity index (χ1) is 16.9. The number of fused-ring (bicyclic) bond motifs is 1. The first-order valence-corrected chi connectivity index (χ1v) is 11.8. The summed E-state index contributed by atoms with van der Waals surface area (Å²) in [5.41, 5.74) is 2.33. The number of anilines is 1. The number of benzene rings is 2. The molecule has 0 unspecified atom stereocenters. The Morgan fingerprint density at radius 1 is 1.20 bits per heavy atom. The van der Waals surface area contributed by atoms with Crippen molar-refractivity contribution in [2.45, 2.75) is 44.7 Å². The number of rotatable bonds is 6. The van der Waals surface area contributed by atoms with Crippen LogP contribution in [0.1, 0.15) is 37.3 Å². The molecule has 0 saturated carbocycles. The Bertz CT molecular complexity index is 1130. The third-order valence-corrected chi connectivity index (χ3v) is 6.53. The zero-order chi connectivity index (χ0) is 24.9. The van der Waals surface area contributed by atoms with Gasteiger partial charge < -0.3 is 25.5 Å². The van der Waals surface area contributed by atoms with Gasteiger partial charge in [-0.05, 0) is 70.0 Å². The lowest BCUT2D eigenvalue weighted by molar-refractivity contribution is 0.175. The van der Waals surface area contributed by atoms with Crippen molar-refractivity contribution in [2.75, 3.05) is 25.1 Å². The molecule has 2 aromatic carbocycles. The van der Waals surface area contributed by atoms with E-state index < -0.39 is 17.7 Å². The van der Waals surface area contributed by atoms with Gasteiger partial charge in [0.1, 0.15) is 5.75 Å². The van der Waals surface area contributed by atoms with Crippen LogP contribution in [0.2, 0.25) is 0 Å². The molecule has 3 N–H and O–H groups in total. The van der Waals surface area contributed by atoms with Crippen LogP contribution in [-0.4, -0.2) is 44.6 Å². The van der Waals surface area contributed by atoms with Crippen molar-refractivity contribution in [1.29, 1.82) is 5.41 Å². The molecular weight excluding hydrogens is 454 g/mol. The van der Waals surface area contributed by atoms with Gasteiger partial charge in [-0.1, -0.05) is 6.07 Å². The SMILES string of the molecule is COC(=O)N1c2ccc(/C(C=N)=C/NC3CCNCC3)c(Oc3cccc(F)c3F)c2CC[C@@H]1C. The highest BCUT2D eigenvalue weighted by Gasteiger charge is 2.32. The maximum Gasteiger partial charge on any atom is 0.414 e. The van der Waals surface area contributed by atoms with Gasteiger partial charge in [-0.25, -0.2) is 9.18 Å². The molecule has 1 fully saturated rings. The Kier molecular flexibility index (Phi) is 7.65. The average molecular weight is 485 g/mol. The number of amides is 1. The maximum atomic E-state index is 14.6. The molecule has 0 aromatic heterocycles. The predicted molar refractivity (Wildman–Crippen MR) is 131 cm³/mol. The highest BCUT2D eigenvalue weighted by Crippen LogP contribution is 2.43. The molecule has 2 aliphatic rings. The monoisotopic (exact) mass is 484 g/mol. The van der Waals surface area contributed by atoms with Gasteiger partial charge in [-0.2, -0.15) is 4.39 Å². The summed E-state index contributed by atoms with van der Waals surface area (Å²) in [6, 6.07) is 7.43. The lowest BCUT2D eigenvalue weighted by atomic mass is 9.92. The smallest absolute Gasteiger partial charge is 0.414 e. The van der Waals surface area contributed by atoms with E-state index in [4.69, 9.17) is 14.9 Å². The van der Waals surface area contributed by atoms with Crippen LogP contribution in [0.25, 0.3) is 5.57 Å². The Morgan fingerprint density at radius 2 is 1.97 bits per heavy atom. The van der Waals surface area contributed by atoms with E-state index in [0.717, 1.165) is 32.0 Å². The predicted octanol–water partition coefficient (Wildman–Crippen LogP) is 5.00. The lowest BCUT2D eigenvalue weighted by Crippen LogP contribution is -2.42. The number of hydrogen-bond donors (Lipinski definition) is 3. The Labute approximate surface area is 203 Å². The summed E-state index contributed by atoms with van der Waals surface area (Å²) in [4.78, 5) is 14.1. The van der Waals surface area contributed by atoms with Crippen LogP contribution in [0.15, 0.2) is 36.5 Å². The molecule has 0 spiro atoms. The fraction of sp³-hybridized carbons (Fsp3) is 0.385. The number of ether oxygens (including phenoxy) is 2. The van der Waals surface area contributed by atoms with E-state index in [1.165, 1.54) is 25.5 Å². The summed E-state index contributed by atoms with van der Waals surface area (Å²) in [6.45, 7) is 3.75. The fourth-order valence-corrected chi connectivity index (χ4v) is 4.59. The molecule has 1 atom stereocenters. The van der Waals surface area contributed by atoms with E-state index in [-0.39, 0.29) is 23.6 Å². The van der Waals surface area contributed by atoms with Crippen LogP contribution in [0, 0.1) is 17.0 Å². The van der Waals surface area contributed by atoms with Crippen molar-refractivity contribution in [3.63, 3.8) is 0 Å². The van der Waals surface area contributed by atoms with E-state index >= 15 is 0 Å². The second-order valence-electron chi connectivity index (χ2n) is 8.76. The second kappa shape index (κ2) is 10.9. The van der Waals surface area contributed by atoms with E-state index in [2.05, 4.69) is 10.6 Å². The van der Waals surface area contributed by atoms with Crippen molar-refractivity contribution in [3.05, 3.63) is 59.3 Å². The van der Waals surface area contributed by atoms with Crippen molar-refractivity contribution in [3.8, 4) is 11.5 Å². The summed E-state index contributed by atoms with van der Waals surface area (Å²) in [5.74, 6) is -2.10. The van der Waals surface area contributed by atoms with Crippen LogP contribution >= 0.6 is 0 Å². The van der Waals surface area contributed by atoms with Crippen LogP contribution in [-0.2, 0) is 11.2 Å². The van der Waals surface area contributed by atoms with Crippen molar-refractivity contribution >= 4 is 23.6 Å². The lowest BCUT2D eigenvalue weighted by Gasteiger charge is -2.35. The summed E-state index contributed by atoms with van der Waals surface area (Å²) in [7, 11) is 1.32. The first-order valence-electron chi connectivity index (χ1n) is 11.8. The van der Waals surface area contributed by atoms with Gasteiger partial charge in [-0.15, -0.1) is 0 Å². The van der Waals surface area contributed by atoms with Gasteiger partial charge in [0.25, 0.3) is 0 Å². The normalized spacial score (nSPS) is 18.6. The molecule has 2 heterocycles. The molecule has 0 aliphatic carbocycles. The quantitative estimate of drug-likeness (QED) is 0.503.